The van der Waals surface area contributed by atoms with Crippen molar-refractivity contribution in [3.63, 3.8) is 0 Å². The van der Waals surface area contributed by atoms with E-state index >= 15 is 0 Å². The van der Waals surface area contributed by atoms with Gasteiger partial charge in [0.25, 0.3) is 5.91 Å². The first-order valence-corrected chi connectivity index (χ1v) is 10.1. The van der Waals surface area contributed by atoms with Crippen LogP contribution < -0.4 is 5.32 Å². The lowest BCUT2D eigenvalue weighted by molar-refractivity contribution is 0.0680. The van der Waals surface area contributed by atoms with E-state index in [-0.39, 0.29) is 18.3 Å². The van der Waals surface area contributed by atoms with Crippen molar-refractivity contribution in [2.45, 2.75) is 42.0 Å². The van der Waals surface area contributed by atoms with E-state index in [0.717, 1.165) is 43.7 Å². The molecule has 0 saturated carbocycles. The van der Waals surface area contributed by atoms with Gasteiger partial charge in [0.1, 0.15) is 0 Å². The second-order valence-corrected chi connectivity index (χ2v) is 7.94. The summed E-state index contributed by atoms with van der Waals surface area (Å²) in [6, 6.07) is 19.4. The Morgan fingerprint density at radius 3 is 2.50 bits per heavy atom. The number of carbonyl (C=O) groups excluding carboxylic acids is 1. The molecule has 2 heterocycles. The lowest BCUT2D eigenvalue weighted by Crippen LogP contribution is -2.42. The van der Waals surface area contributed by atoms with Gasteiger partial charge in [-0.15, -0.1) is 24.2 Å². The third-order valence-corrected chi connectivity index (χ3v) is 6.32. The van der Waals surface area contributed by atoms with Gasteiger partial charge < -0.3 is 10.2 Å². The van der Waals surface area contributed by atoms with Crippen molar-refractivity contribution in [1.82, 2.24) is 10.2 Å². The number of hydrogen-bond acceptors (Lipinski definition) is 3. The number of carbonyl (C=O) groups is 1. The highest BCUT2D eigenvalue weighted by Crippen LogP contribution is 2.30. The zero-order valence-electron chi connectivity index (χ0n) is 14.8. The fourth-order valence-electron chi connectivity index (χ4n) is 3.89. The van der Waals surface area contributed by atoms with Gasteiger partial charge in [-0.1, -0.05) is 30.3 Å². The van der Waals surface area contributed by atoms with Crippen LogP contribution in [0.1, 0.15) is 35.2 Å². The molecule has 2 saturated heterocycles. The van der Waals surface area contributed by atoms with Crippen LogP contribution in [0.3, 0.4) is 0 Å². The van der Waals surface area contributed by atoms with Crippen molar-refractivity contribution in [3.05, 3.63) is 65.7 Å². The molecular formula is C21H25ClN2OS. The van der Waals surface area contributed by atoms with Gasteiger partial charge in [-0.3, -0.25) is 4.79 Å². The predicted octanol–water partition coefficient (Wildman–Crippen LogP) is 4.37. The predicted molar refractivity (Wildman–Crippen MR) is 110 cm³/mol. The molecule has 3 nitrogen and oxygen atoms in total. The van der Waals surface area contributed by atoms with E-state index in [1.165, 1.54) is 10.5 Å². The van der Waals surface area contributed by atoms with Crippen LogP contribution in [-0.2, 0) is 5.75 Å². The van der Waals surface area contributed by atoms with Gasteiger partial charge in [-0.2, -0.15) is 0 Å². The second kappa shape index (κ2) is 8.94. The number of fused-ring (bicyclic) bond motifs is 2. The van der Waals surface area contributed by atoms with Crippen molar-refractivity contribution in [3.8, 4) is 0 Å². The van der Waals surface area contributed by atoms with E-state index in [2.05, 4.69) is 46.6 Å². The average molecular weight is 389 g/mol. The van der Waals surface area contributed by atoms with Crippen LogP contribution >= 0.6 is 24.2 Å². The Kier molecular flexibility index (Phi) is 6.63. The molecule has 2 aliphatic heterocycles. The molecule has 1 N–H and O–H groups in total. The van der Waals surface area contributed by atoms with Crippen molar-refractivity contribution in [1.29, 1.82) is 0 Å². The molecule has 0 spiro atoms. The van der Waals surface area contributed by atoms with Gasteiger partial charge in [0.2, 0.25) is 0 Å². The number of hydrogen-bond donors (Lipinski definition) is 1. The minimum absolute atomic E-state index is 0. The van der Waals surface area contributed by atoms with Crippen molar-refractivity contribution in [2.75, 3.05) is 13.1 Å². The van der Waals surface area contributed by atoms with Crippen LogP contribution in [0, 0.1) is 0 Å². The molecule has 138 valence electrons. The van der Waals surface area contributed by atoms with Crippen molar-refractivity contribution < 1.29 is 4.79 Å². The molecule has 2 unspecified atom stereocenters. The first-order valence-electron chi connectivity index (χ1n) is 9.11. The molecule has 2 fully saturated rings. The van der Waals surface area contributed by atoms with Crippen LogP contribution in [0.2, 0.25) is 0 Å². The molecule has 2 aromatic rings. The molecule has 2 aromatic carbocycles. The molecule has 4 rings (SSSR count). The summed E-state index contributed by atoms with van der Waals surface area (Å²) in [6.07, 6.45) is 3.37. The summed E-state index contributed by atoms with van der Waals surface area (Å²) in [5.74, 6) is 1.13. The summed E-state index contributed by atoms with van der Waals surface area (Å²) < 4.78 is 0. The Labute approximate surface area is 166 Å². The SMILES string of the molecule is Cl.O=C(c1ccc(CSc2ccccc2)cc1)N1C2CCNCC1CC2. The maximum atomic E-state index is 13.0. The normalized spacial score (nSPS) is 21.8. The van der Waals surface area contributed by atoms with Crippen molar-refractivity contribution >= 4 is 30.1 Å². The van der Waals surface area contributed by atoms with Gasteiger partial charge >= 0.3 is 0 Å². The van der Waals surface area contributed by atoms with Gasteiger partial charge in [0.15, 0.2) is 0 Å². The Hall–Kier alpha value is -1.49. The Balaban J connectivity index is 0.00000196. The van der Waals surface area contributed by atoms with Crippen LogP contribution in [0.15, 0.2) is 59.5 Å². The van der Waals surface area contributed by atoms with Gasteiger partial charge in [0.05, 0.1) is 0 Å². The molecule has 2 bridgehead atoms. The molecule has 5 heteroatoms. The molecule has 2 aliphatic rings. The molecular weight excluding hydrogens is 364 g/mol. The van der Waals surface area contributed by atoms with E-state index in [4.69, 9.17) is 0 Å². The third kappa shape index (κ3) is 4.25. The lowest BCUT2D eigenvalue weighted by atomic mass is 10.1. The number of thioether (sulfide) groups is 1. The number of halogens is 1. The zero-order valence-corrected chi connectivity index (χ0v) is 16.4. The van der Waals surface area contributed by atoms with E-state index < -0.39 is 0 Å². The maximum Gasteiger partial charge on any atom is 0.254 e. The molecule has 0 aliphatic carbocycles. The van der Waals surface area contributed by atoms with E-state index in [1.807, 2.05) is 30.0 Å². The summed E-state index contributed by atoms with van der Waals surface area (Å²) in [5, 5.41) is 3.46. The average Bonchev–Trinajstić information content (AvgIpc) is 2.93. The zero-order chi connectivity index (χ0) is 17.1. The van der Waals surface area contributed by atoms with Gasteiger partial charge in [-0.05, 0) is 55.6 Å². The maximum absolute atomic E-state index is 13.0. The van der Waals surface area contributed by atoms with Crippen LogP contribution in [-0.4, -0.2) is 36.0 Å². The van der Waals surface area contributed by atoms with E-state index in [0.29, 0.717) is 12.1 Å². The number of nitrogens with one attached hydrogen (secondary N) is 1. The highest BCUT2D eigenvalue weighted by molar-refractivity contribution is 7.98. The van der Waals surface area contributed by atoms with Crippen LogP contribution in [0.25, 0.3) is 0 Å². The van der Waals surface area contributed by atoms with Crippen LogP contribution in [0.4, 0.5) is 0 Å². The quantitative estimate of drug-likeness (QED) is 0.789. The topological polar surface area (TPSA) is 32.3 Å². The summed E-state index contributed by atoms with van der Waals surface area (Å²) in [5.41, 5.74) is 2.08. The Morgan fingerprint density at radius 1 is 1.00 bits per heavy atom. The third-order valence-electron chi connectivity index (χ3n) is 5.24. The molecule has 0 aromatic heterocycles. The van der Waals surface area contributed by atoms with E-state index in [1.54, 1.807) is 0 Å². The number of nitrogens with zero attached hydrogens (tertiary/aromatic N) is 1. The summed E-state index contributed by atoms with van der Waals surface area (Å²) in [4.78, 5) is 16.4. The second-order valence-electron chi connectivity index (χ2n) is 6.89. The minimum atomic E-state index is 0. The molecule has 0 radical (unpaired) electrons. The number of benzene rings is 2. The highest BCUT2D eigenvalue weighted by Gasteiger charge is 2.38. The smallest absolute Gasteiger partial charge is 0.254 e. The Morgan fingerprint density at radius 2 is 1.73 bits per heavy atom. The highest BCUT2D eigenvalue weighted by atomic mass is 35.5. The van der Waals surface area contributed by atoms with Crippen molar-refractivity contribution in [2.24, 2.45) is 0 Å². The fourth-order valence-corrected chi connectivity index (χ4v) is 4.77. The molecule has 26 heavy (non-hydrogen) atoms. The first kappa shape index (κ1) is 19.3. The first-order chi connectivity index (χ1) is 12.3. The molecule has 1 amide bonds. The number of rotatable bonds is 4. The van der Waals surface area contributed by atoms with Gasteiger partial charge in [-0.25, -0.2) is 0 Å². The number of amides is 1. The van der Waals surface area contributed by atoms with Gasteiger partial charge in [0, 0.05) is 34.8 Å². The summed E-state index contributed by atoms with van der Waals surface area (Å²) in [7, 11) is 0. The largest absolute Gasteiger partial charge is 0.331 e. The summed E-state index contributed by atoms with van der Waals surface area (Å²) >= 11 is 1.83. The lowest BCUT2D eigenvalue weighted by Gasteiger charge is -2.28. The van der Waals surface area contributed by atoms with Crippen LogP contribution in [0.5, 0.6) is 0 Å². The van der Waals surface area contributed by atoms with E-state index in [9.17, 15) is 4.79 Å². The fraction of sp³-hybridized carbons (Fsp3) is 0.381. The summed E-state index contributed by atoms with van der Waals surface area (Å²) in [6.45, 7) is 1.97. The standard InChI is InChI=1S/C21H24N2OS.ClH/c24-21(23-18-10-11-19(23)14-22-13-12-18)17-8-6-16(7-9-17)15-25-20-4-2-1-3-5-20;/h1-9,18-19,22H,10-15H2;1H. The monoisotopic (exact) mass is 388 g/mol. The Bertz CT molecular complexity index is 709. The molecule has 2 atom stereocenters. The minimum Gasteiger partial charge on any atom is -0.331 e.